The highest BCUT2D eigenvalue weighted by molar-refractivity contribution is 8.13. The van der Waals surface area contributed by atoms with E-state index in [1.807, 2.05) is 51.1 Å². The Bertz CT molecular complexity index is 1130. The summed E-state index contributed by atoms with van der Waals surface area (Å²) in [6.45, 7) is 7.63. The molecule has 7 nitrogen and oxygen atoms in total. The first-order chi connectivity index (χ1) is 15.2. The van der Waals surface area contributed by atoms with Crippen molar-refractivity contribution in [1.29, 1.82) is 0 Å². The topological polar surface area (TPSA) is 118 Å². The van der Waals surface area contributed by atoms with Crippen LogP contribution in [0.4, 0.5) is 0 Å². The molecule has 2 heterocycles. The highest BCUT2D eigenvalue weighted by Gasteiger charge is 2.67. The molecule has 178 valence electrons. The van der Waals surface area contributed by atoms with Gasteiger partial charge in [0.2, 0.25) is 11.0 Å². The largest absolute Gasteiger partial charge is 0.315 e. The van der Waals surface area contributed by atoms with Crippen molar-refractivity contribution in [2.75, 3.05) is 0 Å². The zero-order valence-corrected chi connectivity index (χ0v) is 21.3. The molecule has 2 saturated heterocycles. The lowest BCUT2D eigenvalue weighted by Crippen LogP contribution is -2.76. The van der Waals surface area contributed by atoms with Gasteiger partial charge in [-0.1, -0.05) is 59.8 Å². The Morgan fingerprint density at radius 2 is 1.70 bits per heavy atom. The van der Waals surface area contributed by atoms with Gasteiger partial charge in [0, 0.05) is 10.5 Å². The van der Waals surface area contributed by atoms with E-state index < -0.39 is 21.7 Å². The Kier molecular flexibility index (Phi) is 7.36. The molecule has 4 rings (SSSR count). The Morgan fingerprint density at radius 1 is 1.12 bits per heavy atom. The number of rotatable bonds is 4. The number of nitrogens with zero attached hydrogens (tertiary/aromatic N) is 1. The molecule has 1 amide bonds. The van der Waals surface area contributed by atoms with Crippen molar-refractivity contribution in [3.8, 4) is 0 Å². The van der Waals surface area contributed by atoms with Gasteiger partial charge in [0.1, 0.15) is 17.0 Å². The number of carbonyl (C=O) groups is 2. The number of fused-ring (bicyclic) bond motifs is 1. The third kappa shape index (κ3) is 5.46. The molecular formula is C23H28N2O5S3. The second-order valence-corrected chi connectivity index (χ2v) is 13.0. The predicted octanol–water partition coefficient (Wildman–Crippen LogP) is 3.47. The summed E-state index contributed by atoms with van der Waals surface area (Å²) >= 11 is 2.92. The van der Waals surface area contributed by atoms with E-state index in [0.717, 1.165) is 11.1 Å². The van der Waals surface area contributed by atoms with Gasteiger partial charge in [-0.3, -0.25) is 14.1 Å². The van der Waals surface area contributed by atoms with Crippen LogP contribution in [0.3, 0.4) is 0 Å². The summed E-state index contributed by atoms with van der Waals surface area (Å²) in [5, 5.41) is -0.0472. The summed E-state index contributed by atoms with van der Waals surface area (Å²) in [6, 6.07) is 15.5. The second-order valence-electron chi connectivity index (χ2n) is 8.85. The zero-order valence-electron chi connectivity index (χ0n) is 18.9. The van der Waals surface area contributed by atoms with E-state index in [-0.39, 0.29) is 26.0 Å². The monoisotopic (exact) mass is 508 g/mol. The van der Waals surface area contributed by atoms with E-state index in [0.29, 0.717) is 5.75 Å². The molecule has 2 aromatic rings. The second kappa shape index (κ2) is 9.42. The van der Waals surface area contributed by atoms with Crippen LogP contribution in [-0.2, 0) is 25.5 Å². The molecule has 0 spiro atoms. The van der Waals surface area contributed by atoms with Crippen molar-refractivity contribution in [2.45, 2.75) is 60.0 Å². The van der Waals surface area contributed by atoms with Crippen LogP contribution in [0.25, 0.3) is 0 Å². The Balaban J connectivity index is 0.000000235. The van der Waals surface area contributed by atoms with Crippen LogP contribution in [0.15, 0.2) is 59.5 Å². The lowest BCUT2D eigenvalue weighted by Gasteiger charge is -2.49. The van der Waals surface area contributed by atoms with Crippen molar-refractivity contribution in [3.63, 3.8) is 0 Å². The third-order valence-corrected chi connectivity index (χ3v) is 9.20. The first-order valence-electron chi connectivity index (χ1n) is 10.3. The van der Waals surface area contributed by atoms with E-state index in [1.165, 1.54) is 23.9 Å². The minimum Gasteiger partial charge on any atom is -0.315 e. The molecule has 33 heavy (non-hydrogen) atoms. The maximum atomic E-state index is 12.7. The highest BCUT2D eigenvalue weighted by Crippen LogP contribution is 2.54. The van der Waals surface area contributed by atoms with E-state index in [2.05, 4.69) is 0 Å². The first kappa shape index (κ1) is 25.8. The molecule has 0 bridgehead atoms. The number of thioether (sulfide) groups is 2. The Hall–Kier alpha value is -1.85. The normalized spacial score (nSPS) is 25.5. The van der Waals surface area contributed by atoms with Crippen LogP contribution in [-0.4, -0.2) is 50.6 Å². The third-order valence-electron chi connectivity index (χ3n) is 5.58. The maximum absolute atomic E-state index is 12.7. The summed E-state index contributed by atoms with van der Waals surface area (Å²) < 4.78 is 29.2. The minimum atomic E-state index is -4.02. The summed E-state index contributed by atoms with van der Waals surface area (Å²) in [4.78, 5) is 26.6. The van der Waals surface area contributed by atoms with Crippen LogP contribution in [0.1, 0.15) is 31.9 Å². The van der Waals surface area contributed by atoms with Crippen LogP contribution in [0.2, 0.25) is 0 Å². The molecule has 0 radical (unpaired) electrons. The molecule has 3 N–H and O–H groups in total. The van der Waals surface area contributed by atoms with Gasteiger partial charge in [-0.15, -0.1) is 11.8 Å². The van der Waals surface area contributed by atoms with Crippen LogP contribution < -0.4 is 5.73 Å². The van der Waals surface area contributed by atoms with Gasteiger partial charge >= 0.3 is 0 Å². The van der Waals surface area contributed by atoms with Crippen LogP contribution in [0, 0.1) is 6.92 Å². The number of amides is 1. The quantitative estimate of drug-likeness (QED) is 0.476. The first-order valence-corrected chi connectivity index (χ1v) is 13.6. The predicted molar refractivity (Wildman–Crippen MR) is 132 cm³/mol. The number of carbonyl (C=O) groups excluding carboxylic acids is 2. The number of aryl methyl sites for hydroxylation is 1. The molecule has 0 unspecified atom stereocenters. The Labute approximate surface area is 203 Å². The van der Waals surface area contributed by atoms with Gasteiger partial charge in [-0.2, -0.15) is 8.42 Å². The van der Waals surface area contributed by atoms with E-state index in [1.54, 1.807) is 35.7 Å². The fourth-order valence-corrected chi connectivity index (χ4v) is 6.97. The van der Waals surface area contributed by atoms with Crippen molar-refractivity contribution >= 4 is 44.7 Å². The maximum Gasteiger partial charge on any atom is 0.294 e. The van der Waals surface area contributed by atoms with Gasteiger partial charge in [0.25, 0.3) is 10.1 Å². The average molecular weight is 509 g/mol. The highest BCUT2D eigenvalue weighted by atomic mass is 32.2. The van der Waals surface area contributed by atoms with Crippen molar-refractivity contribution in [3.05, 3.63) is 65.7 Å². The van der Waals surface area contributed by atoms with Gasteiger partial charge < -0.3 is 10.6 Å². The summed E-state index contributed by atoms with van der Waals surface area (Å²) in [6.07, 6.45) is 0. The summed E-state index contributed by atoms with van der Waals surface area (Å²) in [7, 11) is -4.02. The van der Waals surface area contributed by atoms with Crippen LogP contribution in [0.5, 0.6) is 0 Å². The fourth-order valence-electron chi connectivity index (χ4n) is 3.75. The van der Waals surface area contributed by atoms with Crippen molar-refractivity contribution < 1.29 is 22.6 Å². The van der Waals surface area contributed by atoms with Gasteiger partial charge in [0.05, 0.1) is 4.90 Å². The molecule has 10 heteroatoms. The van der Waals surface area contributed by atoms with Gasteiger partial charge in [-0.05, 0) is 45.4 Å². The van der Waals surface area contributed by atoms with Gasteiger partial charge in [0.15, 0.2) is 0 Å². The number of hydrogen-bond donors (Lipinski definition) is 2. The number of hydrogen-bond acceptors (Lipinski definition) is 7. The average Bonchev–Trinajstić information content (AvgIpc) is 3.02. The van der Waals surface area contributed by atoms with E-state index >= 15 is 0 Å². The molecule has 2 aromatic carbocycles. The number of nitrogens with two attached hydrogens (primary N) is 1. The fraction of sp³-hybridized carbons (Fsp3) is 0.391. The summed E-state index contributed by atoms with van der Waals surface area (Å²) in [5.41, 5.74) is 7.29. The molecule has 0 aliphatic carbocycles. The standard InChI is InChI=1S/C16H20N2O2S2.C7H8O3S/c1-15(2)11(18-13(20)16(3,17)14(18)22-15)12(19)21-9-10-7-5-4-6-8-10;1-6-2-4-7(5-3-6)11(8,9)10/h4-8,11,14H,9,17H2,1-3H3;2-5H,1H3,(H,8,9,10)/t11-,14+,16-;/m0./s1. The smallest absolute Gasteiger partial charge is 0.294 e. The minimum absolute atomic E-state index is 0.0488. The lowest BCUT2D eigenvalue weighted by atomic mass is 9.88. The molecule has 0 saturated carbocycles. The lowest BCUT2D eigenvalue weighted by molar-refractivity contribution is -0.156. The number of β-lactam (4-membered cyclic amide) rings is 1. The van der Waals surface area contributed by atoms with Crippen LogP contribution >= 0.6 is 23.5 Å². The molecule has 2 aliphatic rings. The van der Waals surface area contributed by atoms with E-state index in [4.69, 9.17) is 10.3 Å². The Morgan fingerprint density at radius 3 is 2.24 bits per heavy atom. The summed E-state index contributed by atoms with van der Waals surface area (Å²) in [5.74, 6) is 0.512. The molecule has 2 aliphatic heterocycles. The molecular weight excluding hydrogens is 480 g/mol. The molecule has 3 atom stereocenters. The van der Waals surface area contributed by atoms with Crippen molar-refractivity contribution in [1.82, 2.24) is 4.90 Å². The van der Waals surface area contributed by atoms with Crippen molar-refractivity contribution in [2.24, 2.45) is 5.73 Å². The SMILES string of the molecule is CC1(C)S[C@H]2N(C(=O)[C@]2(C)N)[C@H]1C(=O)SCc1ccccc1.Cc1ccc(S(=O)(=O)O)cc1. The number of benzene rings is 2. The van der Waals surface area contributed by atoms with E-state index in [9.17, 15) is 18.0 Å². The zero-order chi connectivity index (χ0) is 24.6. The van der Waals surface area contributed by atoms with Gasteiger partial charge in [-0.25, -0.2) is 0 Å². The molecule has 2 fully saturated rings. The molecule has 0 aromatic heterocycles.